The van der Waals surface area contributed by atoms with Crippen molar-refractivity contribution < 1.29 is 19.1 Å². The molecule has 0 N–H and O–H groups in total. The minimum absolute atomic E-state index is 0.178. The van der Waals surface area contributed by atoms with Gasteiger partial charge in [0, 0.05) is 5.56 Å². The second-order valence-corrected chi connectivity index (χ2v) is 7.07. The Morgan fingerprint density at radius 1 is 0.897 bits per heavy atom. The fourth-order valence-corrected chi connectivity index (χ4v) is 3.33. The molecule has 0 amide bonds. The SMILES string of the molecule is Cc1ccccc1/C=C1\Oc2c(ccc(OC(=O)c3ccccc3C)c2C)C1=O. The van der Waals surface area contributed by atoms with Gasteiger partial charge in [0.2, 0.25) is 5.78 Å². The molecule has 144 valence electrons. The van der Waals surface area contributed by atoms with E-state index in [0.717, 1.165) is 16.7 Å². The maximum absolute atomic E-state index is 12.8. The van der Waals surface area contributed by atoms with Gasteiger partial charge in [0.15, 0.2) is 5.76 Å². The summed E-state index contributed by atoms with van der Waals surface area (Å²) in [5.74, 6) is 0.459. The standard InChI is InChI=1S/C25H20O4/c1-15-8-4-6-10-18(15)14-22-23(26)20-12-13-21(17(3)24(20)28-22)29-25(27)19-11-7-5-9-16(19)2/h4-14H,1-3H3/b22-14-. The first-order valence-electron chi connectivity index (χ1n) is 9.37. The minimum atomic E-state index is -0.439. The Bertz CT molecular complexity index is 1170. The number of ether oxygens (including phenoxy) is 2. The van der Waals surface area contributed by atoms with E-state index in [1.807, 2.05) is 50.2 Å². The zero-order valence-electron chi connectivity index (χ0n) is 16.5. The van der Waals surface area contributed by atoms with Gasteiger partial charge in [-0.15, -0.1) is 0 Å². The van der Waals surface area contributed by atoms with Crippen molar-refractivity contribution in [1.29, 1.82) is 0 Å². The Kier molecular flexibility index (Phi) is 4.77. The van der Waals surface area contributed by atoms with E-state index in [9.17, 15) is 9.59 Å². The minimum Gasteiger partial charge on any atom is -0.452 e. The van der Waals surface area contributed by atoms with Gasteiger partial charge in [-0.05, 0) is 61.7 Å². The second kappa shape index (κ2) is 7.40. The number of carbonyl (C=O) groups is 2. The number of hydrogen-bond acceptors (Lipinski definition) is 4. The van der Waals surface area contributed by atoms with Gasteiger partial charge >= 0.3 is 5.97 Å². The molecule has 1 heterocycles. The lowest BCUT2D eigenvalue weighted by molar-refractivity contribution is 0.0732. The number of rotatable bonds is 3. The zero-order valence-corrected chi connectivity index (χ0v) is 16.5. The van der Waals surface area contributed by atoms with Crippen molar-refractivity contribution >= 4 is 17.8 Å². The van der Waals surface area contributed by atoms with Crippen molar-refractivity contribution in [2.75, 3.05) is 0 Å². The highest BCUT2D eigenvalue weighted by atomic mass is 16.5. The smallest absolute Gasteiger partial charge is 0.343 e. The van der Waals surface area contributed by atoms with Crippen LogP contribution in [0.4, 0.5) is 0 Å². The van der Waals surface area contributed by atoms with Crippen LogP contribution in [0.2, 0.25) is 0 Å². The number of esters is 1. The number of aryl methyl sites for hydroxylation is 2. The van der Waals surface area contributed by atoms with E-state index in [4.69, 9.17) is 9.47 Å². The van der Waals surface area contributed by atoms with E-state index in [1.165, 1.54) is 0 Å². The second-order valence-electron chi connectivity index (χ2n) is 7.07. The maximum atomic E-state index is 12.8. The van der Waals surface area contributed by atoms with Crippen molar-refractivity contribution in [3.05, 3.63) is 99.8 Å². The predicted molar refractivity (Wildman–Crippen MR) is 111 cm³/mol. The van der Waals surface area contributed by atoms with Crippen LogP contribution < -0.4 is 9.47 Å². The lowest BCUT2D eigenvalue weighted by Gasteiger charge is -2.11. The average Bonchev–Trinajstić information content (AvgIpc) is 3.02. The number of hydrogen-bond donors (Lipinski definition) is 0. The van der Waals surface area contributed by atoms with E-state index in [1.54, 1.807) is 37.3 Å². The van der Waals surface area contributed by atoms with Gasteiger partial charge in [-0.25, -0.2) is 4.79 Å². The van der Waals surface area contributed by atoms with Crippen LogP contribution in [0.25, 0.3) is 6.08 Å². The van der Waals surface area contributed by atoms with Crippen molar-refractivity contribution in [3.8, 4) is 11.5 Å². The molecule has 0 radical (unpaired) electrons. The van der Waals surface area contributed by atoms with E-state index in [0.29, 0.717) is 28.2 Å². The molecule has 29 heavy (non-hydrogen) atoms. The van der Waals surface area contributed by atoms with E-state index in [-0.39, 0.29) is 11.5 Å². The topological polar surface area (TPSA) is 52.6 Å². The highest BCUT2D eigenvalue weighted by Gasteiger charge is 2.30. The molecule has 4 nitrogen and oxygen atoms in total. The molecule has 4 rings (SSSR count). The van der Waals surface area contributed by atoms with Gasteiger partial charge in [-0.2, -0.15) is 0 Å². The summed E-state index contributed by atoms with van der Waals surface area (Å²) in [5, 5.41) is 0. The van der Waals surface area contributed by atoms with Crippen molar-refractivity contribution in [2.45, 2.75) is 20.8 Å². The molecule has 3 aromatic carbocycles. The summed E-state index contributed by atoms with van der Waals surface area (Å²) in [6.07, 6.45) is 1.75. The quantitative estimate of drug-likeness (QED) is 0.342. The molecule has 0 spiro atoms. The van der Waals surface area contributed by atoms with Crippen molar-refractivity contribution in [1.82, 2.24) is 0 Å². The Morgan fingerprint density at radius 2 is 1.59 bits per heavy atom. The predicted octanol–water partition coefficient (Wildman–Crippen LogP) is 5.45. The number of allylic oxidation sites excluding steroid dienone is 1. The van der Waals surface area contributed by atoms with Crippen LogP contribution in [0.15, 0.2) is 66.4 Å². The molecule has 1 aliphatic rings. The van der Waals surface area contributed by atoms with Gasteiger partial charge < -0.3 is 9.47 Å². The number of Topliss-reactive ketones (excluding diaryl/α,β-unsaturated/α-hetero) is 1. The van der Waals surface area contributed by atoms with Gasteiger partial charge in [0.1, 0.15) is 11.5 Å². The first-order valence-corrected chi connectivity index (χ1v) is 9.37. The fourth-order valence-electron chi connectivity index (χ4n) is 3.33. The largest absolute Gasteiger partial charge is 0.452 e. The van der Waals surface area contributed by atoms with Crippen LogP contribution in [0.1, 0.15) is 43.0 Å². The summed E-state index contributed by atoms with van der Waals surface area (Å²) in [5.41, 5.74) is 4.41. The van der Waals surface area contributed by atoms with Gasteiger partial charge in [0.25, 0.3) is 0 Å². The number of ketones is 1. The molecular formula is C25H20O4. The van der Waals surface area contributed by atoms with Crippen LogP contribution in [-0.2, 0) is 0 Å². The number of benzene rings is 3. The molecule has 4 heteroatoms. The highest BCUT2D eigenvalue weighted by molar-refractivity contribution is 6.15. The molecule has 0 unspecified atom stereocenters. The molecule has 0 saturated carbocycles. The molecule has 1 aliphatic heterocycles. The monoisotopic (exact) mass is 384 g/mol. The van der Waals surface area contributed by atoms with Gasteiger partial charge in [-0.3, -0.25) is 4.79 Å². The Balaban J connectivity index is 1.64. The summed E-state index contributed by atoms with van der Waals surface area (Å²) in [6, 6.07) is 18.3. The van der Waals surface area contributed by atoms with Crippen LogP contribution in [0, 0.1) is 20.8 Å². The van der Waals surface area contributed by atoms with Crippen LogP contribution in [0.3, 0.4) is 0 Å². The molecule has 0 fully saturated rings. The summed E-state index contributed by atoms with van der Waals surface area (Å²) in [4.78, 5) is 25.3. The Labute approximate surface area is 169 Å². The lowest BCUT2D eigenvalue weighted by Crippen LogP contribution is -2.11. The summed E-state index contributed by atoms with van der Waals surface area (Å²) >= 11 is 0. The van der Waals surface area contributed by atoms with Crippen LogP contribution >= 0.6 is 0 Å². The lowest BCUT2D eigenvalue weighted by atomic mass is 10.0. The summed E-state index contributed by atoms with van der Waals surface area (Å²) in [6.45, 7) is 5.62. The Hall–Kier alpha value is -3.66. The molecule has 0 aromatic heterocycles. The van der Waals surface area contributed by atoms with Crippen molar-refractivity contribution in [3.63, 3.8) is 0 Å². The Morgan fingerprint density at radius 3 is 2.31 bits per heavy atom. The first-order chi connectivity index (χ1) is 14.0. The molecule has 3 aromatic rings. The summed E-state index contributed by atoms with van der Waals surface area (Å²) < 4.78 is 11.5. The molecule has 0 aliphatic carbocycles. The zero-order chi connectivity index (χ0) is 20.5. The number of carbonyl (C=O) groups excluding carboxylic acids is 2. The van der Waals surface area contributed by atoms with Crippen LogP contribution in [-0.4, -0.2) is 11.8 Å². The third-order valence-electron chi connectivity index (χ3n) is 5.08. The third kappa shape index (κ3) is 3.45. The van der Waals surface area contributed by atoms with E-state index >= 15 is 0 Å². The van der Waals surface area contributed by atoms with Crippen LogP contribution in [0.5, 0.6) is 11.5 Å². The normalized spacial score (nSPS) is 13.9. The van der Waals surface area contributed by atoms with E-state index in [2.05, 4.69) is 0 Å². The molecule has 0 bridgehead atoms. The molecule has 0 atom stereocenters. The van der Waals surface area contributed by atoms with Crippen molar-refractivity contribution in [2.24, 2.45) is 0 Å². The third-order valence-corrected chi connectivity index (χ3v) is 5.08. The molecule has 0 saturated heterocycles. The maximum Gasteiger partial charge on any atom is 0.343 e. The van der Waals surface area contributed by atoms with Gasteiger partial charge in [-0.1, -0.05) is 42.5 Å². The fraction of sp³-hybridized carbons (Fsp3) is 0.120. The highest BCUT2D eigenvalue weighted by Crippen LogP contribution is 2.39. The molecular weight excluding hydrogens is 364 g/mol. The average molecular weight is 384 g/mol. The first kappa shape index (κ1) is 18.7. The van der Waals surface area contributed by atoms with Gasteiger partial charge in [0.05, 0.1) is 11.1 Å². The summed E-state index contributed by atoms with van der Waals surface area (Å²) in [7, 11) is 0. The van der Waals surface area contributed by atoms with E-state index < -0.39 is 5.97 Å². The number of fused-ring (bicyclic) bond motifs is 1.